The molecule has 5 aromatic rings. The molecule has 2 aromatic heterocycles. The molecule has 0 aliphatic heterocycles. The normalized spacial score (nSPS) is 22.5. The van der Waals surface area contributed by atoms with Crippen molar-refractivity contribution in [1.82, 2.24) is 15.0 Å². The molecule has 1 unspecified atom stereocenters. The van der Waals surface area contributed by atoms with Crippen LogP contribution in [-0.4, -0.2) is 15.0 Å². The molecule has 3 aromatic carbocycles. The molecule has 9 rings (SSSR count). The van der Waals surface area contributed by atoms with Crippen molar-refractivity contribution < 1.29 is 4.42 Å². The Morgan fingerprint density at radius 3 is 2.13 bits per heavy atom. The summed E-state index contributed by atoms with van der Waals surface area (Å²) in [5.74, 6) is 3.32. The van der Waals surface area contributed by atoms with Crippen LogP contribution in [0.15, 0.2) is 89.4 Å². The van der Waals surface area contributed by atoms with E-state index < -0.39 is 0 Å². The number of fused-ring (bicyclic) bond motifs is 6. The molecule has 3 saturated carbocycles. The van der Waals surface area contributed by atoms with Crippen LogP contribution in [0.5, 0.6) is 0 Å². The van der Waals surface area contributed by atoms with Crippen LogP contribution in [0.1, 0.15) is 102 Å². The molecule has 4 aliphatic carbocycles. The molecule has 0 saturated heterocycles. The maximum Gasteiger partial charge on any atom is 0.163 e. The van der Waals surface area contributed by atoms with E-state index >= 15 is 0 Å². The van der Waals surface area contributed by atoms with Gasteiger partial charge in [0, 0.05) is 33.4 Å². The monoisotopic (exact) mass is 595 g/mol. The highest BCUT2D eigenvalue weighted by molar-refractivity contribution is 6.08. The Hall–Kier alpha value is -4.05. The zero-order valence-corrected chi connectivity index (χ0v) is 27.4. The van der Waals surface area contributed by atoms with Gasteiger partial charge in [0.25, 0.3) is 0 Å². The van der Waals surface area contributed by atoms with Crippen LogP contribution in [0.25, 0.3) is 44.7 Å². The summed E-state index contributed by atoms with van der Waals surface area (Å²) in [6.07, 6.45) is 17.5. The molecule has 4 heteroatoms. The van der Waals surface area contributed by atoms with Gasteiger partial charge in [-0.2, -0.15) is 0 Å². The predicted octanol–water partition coefficient (Wildman–Crippen LogP) is 11.3. The first kappa shape index (κ1) is 29.6. The lowest BCUT2D eigenvalue weighted by Crippen LogP contribution is -2.37. The van der Waals surface area contributed by atoms with E-state index in [1.807, 2.05) is 32.0 Å². The van der Waals surface area contributed by atoms with Gasteiger partial charge >= 0.3 is 0 Å². The van der Waals surface area contributed by atoms with Crippen LogP contribution < -0.4 is 0 Å². The first-order valence-electron chi connectivity index (χ1n) is 17.0. The van der Waals surface area contributed by atoms with Crippen molar-refractivity contribution in [2.24, 2.45) is 5.92 Å². The standard InChI is InChI=1S/C39H39N3O.C2H6/c1-38(2,3)32-23-28(37-41-35(26-10-6-4-7-11-26)40-36(42-37)27-12-8-5-9-13-27)22-31-30-24-29(14-15-33(30)43-34(31)32)39-19-16-25(17-20-39)18-21-39;1-2/h4-12,14-15,22-25,27H,13,16-21H2,1-3H3;1-2H3. The maximum atomic E-state index is 6.66. The van der Waals surface area contributed by atoms with Gasteiger partial charge in [-0.15, -0.1) is 0 Å². The summed E-state index contributed by atoms with van der Waals surface area (Å²) in [4.78, 5) is 15.2. The van der Waals surface area contributed by atoms with Crippen LogP contribution in [0.4, 0.5) is 0 Å². The van der Waals surface area contributed by atoms with E-state index in [-0.39, 0.29) is 11.3 Å². The van der Waals surface area contributed by atoms with Crippen molar-refractivity contribution in [1.29, 1.82) is 0 Å². The van der Waals surface area contributed by atoms with E-state index in [4.69, 9.17) is 19.4 Å². The summed E-state index contributed by atoms with van der Waals surface area (Å²) < 4.78 is 6.66. The van der Waals surface area contributed by atoms with Crippen molar-refractivity contribution in [3.8, 4) is 22.8 Å². The summed E-state index contributed by atoms with van der Waals surface area (Å²) in [7, 11) is 0. The second-order valence-corrected chi connectivity index (χ2v) is 14.1. The lowest BCUT2D eigenvalue weighted by molar-refractivity contribution is 0.136. The van der Waals surface area contributed by atoms with Crippen LogP contribution in [0.3, 0.4) is 0 Å². The molecular formula is C41H45N3O. The molecule has 0 radical (unpaired) electrons. The highest BCUT2D eigenvalue weighted by Crippen LogP contribution is 2.52. The van der Waals surface area contributed by atoms with Gasteiger partial charge in [-0.05, 0) is 91.5 Å². The number of furan rings is 1. The Kier molecular flexibility index (Phi) is 7.71. The number of rotatable bonds is 4. The molecule has 2 bridgehead atoms. The lowest BCUT2D eigenvalue weighted by atomic mass is 9.58. The minimum absolute atomic E-state index is 0.125. The third-order valence-corrected chi connectivity index (χ3v) is 10.3. The molecular weight excluding hydrogens is 550 g/mol. The van der Waals surface area contributed by atoms with Gasteiger partial charge in [-0.25, -0.2) is 15.0 Å². The Morgan fingerprint density at radius 2 is 1.47 bits per heavy atom. The molecule has 0 spiro atoms. The molecule has 45 heavy (non-hydrogen) atoms. The Labute approximate surface area is 267 Å². The van der Waals surface area contributed by atoms with Crippen molar-refractivity contribution >= 4 is 21.9 Å². The molecule has 4 aliphatic rings. The van der Waals surface area contributed by atoms with E-state index in [1.54, 1.807) is 0 Å². The van der Waals surface area contributed by atoms with Gasteiger partial charge in [-0.3, -0.25) is 0 Å². The molecule has 1 atom stereocenters. The number of hydrogen-bond donors (Lipinski definition) is 0. The van der Waals surface area contributed by atoms with Gasteiger partial charge in [0.2, 0.25) is 0 Å². The van der Waals surface area contributed by atoms with Gasteiger partial charge in [0.15, 0.2) is 11.6 Å². The fourth-order valence-corrected chi connectivity index (χ4v) is 7.75. The topological polar surface area (TPSA) is 51.8 Å². The Morgan fingerprint density at radius 1 is 0.756 bits per heavy atom. The van der Waals surface area contributed by atoms with E-state index in [2.05, 4.69) is 87.5 Å². The number of hydrogen-bond acceptors (Lipinski definition) is 4. The first-order valence-corrected chi connectivity index (χ1v) is 17.0. The summed E-state index contributed by atoms with van der Waals surface area (Å²) in [5.41, 5.74) is 6.83. The maximum absolute atomic E-state index is 6.66. The van der Waals surface area contributed by atoms with Gasteiger partial charge in [0.05, 0.1) is 0 Å². The van der Waals surface area contributed by atoms with Crippen LogP contribution in [0, 0.1) is 5.92 Å². The quantitative estimate of drug-likeness (QED) is 0.207. The van der Waals surface area contributed by atoms with E-state index in [0.29, 0.717) is 17.1 Å². The number of nitrogens with zero attached hydrogens (tertiary/aromatic N) is 3. The second-order valence-electron chi connectivity index (χ2n) is 14.1. The summed E-state index contributed by atoms with van der Waals surface area (Å²) >= 11 is 0. The highest BCUT2D eigenvalue weighted by atomic mass is 16.3. The van der Waals surface area contributed by atoms with Crippen molar-refractivity contribution in [3.05, 3.63) is 102 Å². The van der Waals surface area contributed by atoms with E-state index in [1.165, 1.54) is 55.0 Å². The zero-order valence-electron chi connectivity index (χ0n) is 27.4. The SMILES string of the molecule is CC.CC(C)(C)c1cc(-c2nc(-c3ccccc3)nc(C3C=CC=CC3)n2)cc2c1oc1ccc(C34CCC(CC3)CC4)cc12. The first-order chi connectivity index (χ1) is 21.9. The zero-order chi connectivity index (χ0) is 31.2. The Bertz CT molecular complexity index is 1880. The van der Waals surface area contributed by atoms with Crippen molar-refractivity contribution in [3.63, 3.8) is 0 Å². The molecule has 0 amide bonds. The van der Waals surface area contributed by atoms with Gasteiger partial charge in [-0.1, -0.05) is 95.3 Å². The number of allylic oxidation sites excluding steroid dienone is 4. The van der Waals surface area contributed by atoms with Crippen molar-refractivity contribution in [2.75, 3.05) is 0 Å². The van der Waals surface area contributed by atoms with E-state index in [9.17, 15) is 0 Å². The highest BCUT2D eigenvalue weighted by Gasteiger charge is 2.41. The second kappa shape index (κ2) is 11.7. The average Bonchev–Trinajstić information content (AvgIpc) is 3.47. The van der Waals surface area contributed by atoms with Gasteiger partial charge < -0.3 is 4.42 Å². The Balaban J connectivity index is 0.00000160. The smallest absolute Gasteiger partial charge is 0.163 e. The summed E-state index contributed by atoms with van der Waals surface area (Å²) in [6.45, 7) is 10.8. The molecule has 3 fully saturated rings. The minimum Gasteiger partial charge on any atom is -0.456 e. The minimum atomic E-state index is -0.125. The number of aromatic nitrogens is 3. The average molecular weight is 596 g/mol. The molecule has 230 valence electrons. The van der Waals surface area contributed by atoms with Crippen LogP contribution in [-0.2, 0) is 10.8 Å². The molecule has 2 heterocycles. The fraction of sp³-hybridized carbons (Fsp3) is 0.390. The summed E-state index contributed by atoms with van der Waals surface area (Å²) in [6, 6.07) is 21.8. The van der Waals surface area contributed by atoms with Crippen LogP contribution in [0.2, 0.25) is 0 Å². The number of benzene rings is 3. The van der Waals surface area contributed by atoms with E-state index in [0.717, 1.165) is 45.8 Å². The molecule has 4 nitrogen and oxygen atoms in total. The third kappa shape index (κ3) is 5.43. The fourth-order valence-electron chi connectivity index (χ4n) is 7.75. The lowest BCUT2D eigenvalue weighted by Gasteiger charge is -2.47. The van der Waals surface area contributed by atoms with Crippen LogP contribution >= 0.6 is 0 Å². The van der Waals surface area contributed by atoms with Crippen molar-refractivity contribution in [2.45, 2.75) is 96.3 Å². The molecule has 0 N–H and O–H groups in total. The predicted molar refractivity (Wildman–Crippen MR) is 187 cm³/mol. The largest absolute Gasteiger partial charge is 0.456 e. The summed E-state index contributed by atoms with van der Waals surface area (Å²) in [5, 5.41) is 2.36. The van der Waals surface area contributed by atoms with Gasteiger partial charge in [0.1, 0.15) is 17.0 Å². The third-order valence-electron chi connectivity index (χ3n) is 10.3.